The van der Waals surface area contributed by atoms with Crippen molar-refractivity contribution in [3.05, 3.63) is 0 Å². The topological polar surface area (TPSA) is 89.9 Å². The molecule has 2 atom stereocenters. The second-order valence-corrected chi connectivity index (χ2v) is 7.08. The number of carboxylic acids is 1. The highest BCUT2D eigenvalue weighted by molar-refractivity contribution is 5.83. The molecule has 3 N–H and O–H groups in total. The molecule has 0 aromatic rings. The third kappa shape index (κ3) is 2.26. The van der Waals surface area contributed by atoms with Crippen molar-refractivity contribution in [2.24, 2.45) is 16.7 Å². The van der Waals surface area contributed by atoms with Gasteiger partial charge in [-0.05, 0) is 16.7 Å². The molecule has 0 aromatic heterocycles. The van der Waals surface area contributed by atoms with Crippen LogP contribution in [-0.2, 0) is 4.79 Å². The zero-order chi connectivity index (χ0) is 15.3. The number of carbonyl (C=O) groups excluding carboxylic acids is 1. The van der Waals surface area contributed by atoms with Crippen LogP contribution in [0.1, 0.15) is 34.1 Å². The van der Waals surface area contributed by atoms with Crippen LogP contribution in [0.3, 0.4) is 0 Å². The Hall–Kier alpha value is -1.30. The third-order valence-corrected chi connectivity index (χ3v) is 5.60. The zero-order valence-electron chi connectivity index (χ0n) is 12.5. The molecule has 6 heteroatoms. The first-order valence-corrected chi connectivity index (χ1v) is 7.04. The Bertz CT molecular complexity index is 419. The molecular weight excluding hydrogens is 260 g/mol. The summed E-state index contributed by atoms with van der Waals surface area (Å²) in [6, 6.07) is -1.32. The van der Waals surface area contributed by atoms with Crippen molar-refractivity contribution in [1.29, 1.82) is 0 Å². The van der Waals surface area contributed by atoms with Gasteiger partial charge in [0.2, 0.25) is 0 Å². The van der Waals surface area contributed by atoms with Crippen molar-refractivity contribution in [2.75, 3.05) is 13.1 Å². The number of aliphatic hydroxyl groups is 1. The number of likely N-dealkylation sites (tertiary alicyclic amines) is 1. The van der Waals surface area contributed by atoms with E-state index in [-0.39, 0.29) is 23.8 Å². The Morgan fingerprint density at radius 2 is 1.80 bits per heavy atom. The number of nitrogens with zero attached hydrogens (tertiary/aromatic N) is 1. The van der Waals surface area contributed by atoms with E-state index in [4.69, 9.17) is 5.11 Å². The number of β-amino-alcohol motifs (C(OH)–C–C–N with tert-alkyl or cyclic N) is 1. The van der Waals surface area contributed by atoms with Gasteiger partial charge < -0.3 is 20.4 Å². The minimum atomic E-state index is -1.07. The van der Waals surface area contributed by atoms with Crippen molar-refractivity contribution in [3.8, 4) is 0 Å². The van der Waals surface area contributed by atoms with Crippen LogP contribution in [0.4, 0.5) is 4.79 Å². The highest BCUT2D eigenvalue weighted by Gasteiger charge is 2.64. The number of hydrogen-bond acceptors (Lipinski definition) is 3. The Morgan fingerprint density at radius 3 is 2.25 bits per heavy atom. The molecule has 1 heterocycles. The van der Waals surface area contributed by atoms with Gasteiger partial charge in [-0.3, -0.25) is 0 Å². The number of amides is 2. The lowest BCUT2D eigenvalue weighted by Gasteiger charge is -2.21. The highest BCUT2D eigenvalue weighted by Crippen LogP contribution is 2.67. The molecule has 2 rings (SSSR count). The molecule has 1 aliphatic carbocycles. The smallest absolute Gasteiger partial charge is 0.326 e. The van der Waals surface area contributed by atoms with Crippen LogP contribution >= 0.6 is 0 Å². The summed E-state index contributed by atoms with van der Waals surface area (Å²) in [4.78, 5) is 24.4. The highest BCUT2D eigenvalue weighted by atomic mass is 16.4. The van der Waals surface area contributed by atoms with Gasteiger partial charge in [0, 0.05) is 19.5 Å². The lowest BCUT2D eigenvalue weighted by Crippen LogP contribution is -2.46. The fourth-order valence-electron chi connectivity index (χ4n) is 3.41. The number of hydrogen-bond donors (Lipinski definition) is 3. The van der Waals surface area contributed by atoms with Gasteiger partial charge in [0.1, 0.15) is 6.04 Å². The molecule has 2 aliphatic rings. The van der Waals surface area contributed by atoms with Crippen molar-refractivity contribution in [2.45, 2.75) is 46.3 Å². The van der Waals surface area contributed by atoms with E-state index < -0.39 is 24.1 Å². The number of carbonyl (C=O) groups is 2. The molecule has 2 fully saturated rings. The third-order valence-electron chi connectivity index (χ3n) is 5.60. The number of rotatable bonds is 3. The van der Waals surface area contributed by atoms with Crippen LogP contribution in [0.5, 0.6) is 0 Å². The van der Waals surface area contributed by atoms with E-state index >= 15 is 0 Å². The van der Waals surface area contributed by atoms with Gasteiger partial charge in [-0.1, -0.05) is 27.7 Å². The molecule has 0 aromatic carbocycles. The van der Waals surface area contributed by atoms with E-state index in [1.165, 1.54) is 4.90 Å². The molecule has 1 aliphatic heterocycles. The first kappa shape index (κ1) is 15.1. The molecule has 1 saturated heterocycles. The van der Waals surface area contributed by atoms with E-state index in [1.807, 2.05) is 0 Å². The van der Waals surface area contributed by atoms with Crippen molar-refractivity contribution >= 4 is 12.0 Å². The van der Waals surface area contributed by atoms with Gasteiger partial charge in [-0.15, -0.1) is 0 Å². The first-order valence-electron chi connectivity index (χ1n) is 7.04. The fraction of sp³-hybridized carbons (Fsp3) is 0.857. The van der Waals surface area contributed by atoms with Crippen LogP contribution < -0.4 is 5.32 Å². The van der Waals surface area contributed by atoms with Gasteiger partial charge in [0.25, 0.3) is 0 Å². The Balaban J connectivity index is 1.91. The zero-order valence-corrected chi connectivity index (χ0v) is 12.5. The Morgan fingerprint density at radius 1 is 1.25 bits per heavy atom. The summed E-state index contributed by atoms with van der Waals surface area (Å²) in [6.07, 6.45) is -0.654. The maximum atomic E-state index is 12.1. The summed E-state index contributed by atoms with van der Waals surface area (Å²) in [7, 11) is 0. The summed E-state index contributed by atoms with van der Waals surface area (Å²) in [5.74, 6) is -0.682. The largest absolute Gasteiger partial charge is 0.480 e. The summed E-state index contributed by atoms with van der Waals surface area (Å²) in [5, 5.41) is 21.4. The summed E-state index contributed by atoms with van der Waals surface area (Å²) in [6.45, 7) is 9.30. The average molecular weight is 284 g/mol. The lowest BCUT2D eigenvalue weighted by atomic mass is 10.0. The van der Waals surface area contributed by atoms with E-state index in [9.17, 15) is 14.7 Å². The number of nitrogens with one attached hydrogen (secondary N) is 1. The quantitative estimate of drug-likeness (QED) is 0.718. The fourth-order valence-corrected chi connectivity index (χ4v) is 3.41. The standard InChI is InChI=1S/C14H24N2O4/c1-13(2)10(14(13,3)4)6-15-12(20)16-7-8(17)5-9(16)11(18)19/h8-10,17H,5-7H2,1-4H3,(H,15,20)(H,18,19)/t8-,9-/m1/s1. The molecule has 0 radical (unpaired) electrons. The number of carboxylic acid groups (broad SMARTS) is 1. The van der Waals surface area contributed by atoms with Gasteiger partial charge in [0.05, 0.1) is 6.10 Å². The normalized spacial score (nSPS) is 31.1. The molecular formula is C14H24N2O4. The average Bonchev–Trinajstić information content (AvgIpc) is 2.65. The number of aliphatic hydroxyl groups excluding tert-OH is 1. The second-order valence-electron chi connectivity index (χ2n) is 7.08. The Kier molecular flexibility index (Phi) is 3.48. The maximum Gasteiger partial charge on any atom is 0.326 e. The van der Waals surface area contributed by atoms with Crippen LogP contribution in [-0.4, -0.2) is 52.3 Å². The molecule has 6 nitrogen and oxygen atoms in total. The van der Waals surface area contributed by atoms with Gasteiger partial charge in [0.15, 0.2) is 0 Å². The predicted octanol–water partition coefficient (Wildman–Crippen LogP) is 0.898. The van der Waals surface area contributed by atoms with Crippen molar-refractivity contribution in [1.82, 2.24) is 10.2 Å². The molecule has 20 heavy (non-hydrogen) atoms. The van der Waals surface area contributed by atoms with E-state index in [0.717, 1.165) is 0 Å². The van der Waals surface area contributed by atoms with Gasteiger partial charge in [-0.2, -0.15) is 0 Å². The van der Waals surface area contributed by atoms with E-state index in [0.29, 0.717) is 12.5 Å². The van der Waals surface area contributed by atoms with E-state index in [1.54, 1.807) is 0 Å². The summed E-state index contributed by atoms with van der Waals surface area (Å²) in [5.41, 5.74) is 0.355. The maximum absolute atomic E-state index is 12.1. The molecule has 0 unspecified atom stereocenters. The first-order chi connectivity index (χ1) is 9.09. The molecule has 2 amide bonds. The molecule has 0 spiro atoms. The predicted molar refractivity (Wildman–Crippen MR) is 73.2 cm³/mol. The van der Waals surface area contributed by atoms with Crippen molar-refractivity contribution < 1.29 is 19.8 Å². The second kappa shape index (κ2) is 4.62. The molecule has 0 bridgehead atoms. The van der Waals surface area contributed by atoms with Gasteiger partial charge in [-0.25, -0.2) is 9.59 Å². The summed E-state index contributed by atoms with van der Waals surface area (Å²) >= 11 is 0. The van der Waals surface area contributed by atoms with E-state index in [2.05, 4.69) is 33.0 Å². The van der Waals surface area contributed by atoms with Crippen molar-refractivity contribution in [3.63, 3.8) is 0 Å². The van der Waals surface area contributed by atoms with Crippen LogP contribution in [0.2, 0.25) is 0 Å². The minimum Gasteiger partial charge on any atom is -0.480 e. The van der Waals surface area contributed by atoms with Gasteiger partial charge >= 0.3 is 12.0 Å². The Labute approximate surface area is 119 Å². The SMILES string of the molecule is CC1(C)C(CNC(=O)N2C[C@H](O)C[C@@H]2C(=O)O)C1(C)C. The van der Waals surface area contributed by atoms with Crippen LogP contribution in [0.15, 0.2) is 0 Å². The molecule has 1 saturated carbocycles. The monoisotopic (exact) mass is 284 g/mol. The van der Waals surface area contributed by atoms with Crippen LogP contribution in [0, 0.1) is 16.7 Å². The number of aliphatic carboxylic acids is 1. The summed E-state index contributed by atoms with van der Waals surface area (Å²) < 4.78 is 0. The minimum absolute atomic E-state index is 0.0836. The lowest BCUT2D eigenvalue weighted by molar-refractivity contribution is -0.141. The molecule has 114 valence electrons. The van der Waals surface area contributed by atoms with Crippen LogP contribution in [0.25, 0.3) is 0 Å². The number of urea groups is 1.